The second-order valence-electron chi connectivity index (χ2n) is 10.4. The minimum Gasteiger partial charge on any atom is -0.464 e. The fraction of sp³-hybridized carbons (Fsp3) is 0.407. The number of fused-ring (bicyclic) bond motifs is 3. The molecule has 6 nitrogen and oxygen atoms in total. The minimum absolute atomic E-state index is 0.0844. The van der Waals surface area contributed by atoms with E-state index in [0.717, 1.165) is 4.90 Å². The molecule has 7 heteroatoms. The molecule has 3 aliphatic rings. The molecule has 2 aromatic carbocycles. The lowest BCUT2D eigenvalue weighted by Crippen LogP contribution is -2.61. The van der Waals surface area contributed by atoms with Crippen LogP contribution >= 0.6 is 11.6 Å². The van der Waals surface area contributed by atoms with E-state index in [4.69, 9.17) is 16.3 Å². The molecule has 0 spiro atoms. The van der Waals surface area contributed by atoms with Crippen molar-refractivity contribution in [2.45, 2.75) is 46.1 Å². The first-order valence-corrected chi connectivity index (χ1v) is 11.8. The summed E-state index contributed by atoms with van der Waals surface area (Å²) in [6.07, 6.45) is 0.867. The Morgan fingerprint density at radius 3 is 2.41 bits per heavy atom. The van der Waals surface area contributed by atoms with E-state index in [9.17, 15) is 19.2 Å². The smallest absolute Gasteiger partial charge is 0.322 e. The largest absolute Gasteiger partial charge is 0.464 e. The molecule has 2 fully saturated rings. The summed E-state index contributed by atoms with van der Waals surface area (Å²) >= 11 is 5.96. The van der Waals surface area contributed by atoms with Gasteiger partial charge in [-0.15, -0.1) is 0 Å². The molecule has 2 heterocycles. The predicted octanol–water partition coefficient (Wildman–Crippen LogP) is 5.01. The minimum atomic E-state index is -1.47. The van der Waals surface area contributed by atoms with Gasteiger partial charge in [-0.1, -0.05) is 50.6 Å². The second kappa shape index (κ2) is 7.51. The van der Waals surface area contributed by atoms with Crippen molar-refractivity contribution in [3.63, 3.8) is 0 Å². The first-order chi connectivity index (χ1) is 16.0. The summed E-state index contributed by atoms with van der Waals surface area (Å²) in [6.45, 7) is 6.11. The van der Waals surface area contributed by atoms with Crippen molar-refractivity contribution in [3.05, 3.63) is 70.2 Å². The average Bonchev–Trinajstić information content (AvgIpc) is 3.13. The van der Waals surface area contributed by atoms with Gasteiger partial charge in [0.05, 0.1) is 12.6 Å². The molecule has 0 aromatic heterocycles. The number of Topliss-reactive ketones (excluding diaryl/α,β-unsaturated/α-hetero) is 1. The second-order valence-corrected chi connectivity index (χ2v) is 10.8. The van der Waals surface area contributed by atoms with Crippen molar-refractivity contribution in [1.82, 2.24) is 4.90 Å². The zero-order chi connectivity index (χ0) is 24.5. The Hall–Kier alpha value is -2.99. The summed E-state index contributed by atoms with van der Waals surface area (Å²) < 4.78 is 5.52. The zero-order valence-electron chi connectivity index (χ0n) is 19.4. The summed E-state index contributed by atoms with van der Waals surface area (Å²) in [7, 11) is 0. The van der Waals surface area contributed by atoms with Crippen LogP contribution in [0.1, 0.15) is 72.4 Å². The molecule has 3 atom stereocenters. The van der Waals surface area contributed by atoms with Crippen LogP contribution in [0.2, 0.25) is 5.02 Å². The van der Waals surface area contributed by atoms with Gasteiger partial charge in [0.15, 0.2) is 11.2 Å². The van der Waals surface area contributed by atoms with E-state index in [1.165, 1.54) is 0 Å². The summed E-state index contributed by atoms with van der Waals surface area (Å²) in [6, 6.07) is 12.6. The third kappa shape index (κ3) is 2.87. The first-order valence-electron chi connectivity index (χ1n) is 11.5. The molecule has 5 rings (SSSR count). The van der Waals surface area contributed by atoms with E-state index in [0.29, 0.717) is 34.6 Å². The number of hydrogen-bond donors (Lipinski definition) is 0. The molecular weight excluding hydrogens is 454 g/mol. The molecular formula is C27H26ClNO5. The van der Waals surface area contributed by atoms with Crippen LogP contribution in [-0.4, -0.2) is 35.1 Å². The Labute approximate surface area is 203 Å². The lowest BCUT2D eigenvalue weighted by molar-refractivity contribution is -0.192. The highest BCUT2D eigenvalue weighted by atomic mass is 35.5. The SMILES string of the molecule is CC1(C)[C@@]2(C)CC[C@]1(C(=O)N1C(=O)c3ccccc3[C@@H]1CC(=O)c1ccc(Cl)cc1)C(=O)OC2. The number of amides is 2. The standard InChI is InChI=1S/C27H26ClNO5/c1-25(2)26(3)12-13-27(25,24(33)34-15-26)23(32)29-20(18-6-4-5-7-19(18)22(29)31)14-21(30)16-8-10-17(28)11-9-16/h4-11,20H,12-15H2,1-3H3/t20-,26-,27-/m0/s1. The molecule has 2 amide bonds. The van der Waals surface area contributed by atoms with Gasteiger partial charge >= 0.3 is 5.97 Å². The lowest BCUT2D eigenvalue weighted by atomic mass is 9.57. The molecule has 34 heavy (non-hydrogen) atoms. The number of rotatable bonds is 4. The van der Waals surface area contributed by atoms with Crippen molar-refractivity contribution in [1.29, 1.82) is 0 Å². The van der Waals surface area contributed by atoms with E-state index < -0.39 is 34.7 Å². The number of hydrogen-bond acceptors (Lipinski definition) is 5. The number of imide groups is 1. The Morgan fingerprint density at radius 2 is 1.71 bits per heavy atom. The molecule has 1 aliphatic carbocycles. The Morgan fingerprint density at radius 1 is 1.03 bits per heavy atom. The van der Waals surface area contributed by atoms with E-state index in [1.807, 2.05) is 20.8 Å². The van der Waals surface area contributed by atoms with Crippen molar-refractivity contribution < 1.29 is 23.9 Å². The van der Waals surface area contributed by atoms with Crippen LogP contribution in [0.25, 0.3) is 0 Å². The monoisotopic (exact) mass is 479 g/mol. The van der Waals surface area contributed by atoms with Crippen LogP contribution in [-0.2, 0) is 14.3 Å². The van der Waals surface area contributed by atoms with Crippen LogP contribution in [0, 0.1) is 16.2 Å². The van der Waals surface area contributed by atoms with Gasteiger partial charge in [0, 0.05) is 28.0 Å². The van der Waals surface area contributed by atoms with Gasteiger partial charge in [-0.3, -0.25) is 24.1 Å². The number of cyclic esters (lactones) is 1. The van der Waals surface area contributed by atoms with Crippen molar-refractivity contribution >= 4 is 35.2 Å². The summed E-state index contributed by atoms with van der Waals surface area (Å²) in [5.41, 5.74) is -1.13. The summed E-state index contributed by atoms with van der Waals surface area (Å²) in [5.74, 6) is -1.85. The lowest BCUT2D eigenvalue weighted by Gasteiger charge is -2.50. The van der Waals surface area contributed by atoms with Gasteiger partial charge in [-0.05, 0) is 54.2 Å². The molecule has 176 valence electrons. The van der Waals surface area contributed by atoms with Crippen molar-refractivity contribution in [2.24, 2.45) is 16.2 Å². The maximum atomic E-state index is 14.3. The van der Waals surface area contributed by atoms with E-state index >= 15 is 0 Å². The quantitative estimate of drug-likeness (QED) is 0.266. The topological polar surface area (TPSA) is 80.8 Å². The molecule has 1 saturated carbocycles. The number of esters is 1. The molecule has 1 saturated heterocycles. The van der Waals surface area contributed by atoms with Gasteiger partial charge < -0.3 is 4.74 Å². The molecule has 2 aliphatic heterocycles. The van der Waals surface area contributed by atoms with Crippen LogP contribution in [0.4, 0.5) is 0 Å². The molecule has 0 N–H and O–H groups in total. The molecule has 0 radical (unpaired) electrons. The summed E-state index contributed by atoms with van der Waals surface area (Å²) in [4.78, 5) is 55.4. The van der Waals surface area contributed by atoms with Gasteiger partial charge in [-0.2, -0.15) is 0 Å². The highest BCUT2D eigenvalue weighted by Gasteiger charge is 2.73. The van der Waals surface area contributed by atoms with Crippen molar-refractivity contribution in [2.75, 3.05) is 6.61 Å². The number of halogens is 1. The van der Waals surface area contributed by atoms with Crippen LogP contribution in [0.15, 0.2) is 48.5 Å². The first kappa shape index (κ1) is 22.8. The summed E-state index contributed by atoms with van der Waals surface area (Å²) in [5, 5.41) is 0.510. The highest BCUT2D eigenvalue weighted by Crippen LogP contribution is 2.66. The van der Waals surface area contributed by atoms with Crippen LogP contribution in [0.3, 0.4) is 0 Å². The Balaban J connectivity index is 1.57. The van der Waals surface area contributed by atoms with E-state index in [1.54, 1.807) is 48.5 Å². The van der Waals surface area contributed by atoms with E-state index in [2.05, 4.69) is 0 Å². The third-order valence-corrected chi connectivity index (χ3v) is 8.96. The van der Waals surface area contributed by atoms with E-state index in [-0.39, 0.29) is 24.2 Å². The highest BCUT2D eigenvalue weighted by molar-refractivity contribution is 6.30. The molecule has 2 bridgehead atoms. The normalized spacial score (nSPS) is 29.1. The van der Waals surface area contributed by atoms with Gasteiger partial charge in [0.2, 0.25) is 5.91 Å². The predicted molar refractivity (Wildman–Crippen MR) is 125 cm³/mol. The number of nitrogens with zero attached hydrogens (tertiary/aromatic N) is 1. The Kier molecular flexibility index (Phi) is 5.03. The molecule has 0 unspecified atom stereocenters. The third-order valence-electron chi connectivity index (χ3n) is 8.71. The van der Waals surface area contributed by atoms with Crippen LogP contribution < -0.4 is 0 Å². The maximum absolute atomic E-state index is 14.3. The van der Waals surface area contributed by atoms with Gasteiger partial charge in [0.25, 0.3) is 5.91 Å². The number of carbonyl (C=O) groups excluding carboxylic acids is 4. The number of carbonyl (C=O) groups is 4. The van der Waals surface area contributed by atoms with Crippen molar-refractivity contribution in [3.8, 4) is 0 Å². The fourth-order valence-corrected chi connectivity index (χ4v) is 6.11. The number of ketones is 1. The Bertz CT molecular complexity index is 1240. The molecule has 2 aromatic rings. The van der Waals surface area contributed by atoms with Gasteiger partial charge in [0.1, 0.15) is 0 Å². The average molecular weight is 480 g/mol. The van der Waals surface area contributed by atoms with Gasteiger partial charge in [-0.25, -0.2) is 0 Å². The number of ether oxygens (including phenoxy) is 1. The number of benzene rings is 2. The van der Waals surface area contributed by atoms with Crippen LogP contribution in [0.5, 0.6) is 0 Å². The fourth-order valence-electron chi connectivity index (χ4n) is 5.99. The zero-order valence-corrected chi connectivity index (χ0v) is 20.1. The maximum Gasteiger partial charge on any atom is 0.322 e.